The second-order valence-electron chi connectivity index (χ2n) is 4.43. The zero-order chi connectivity index (χ0) is 14.5. The number of ether oxygens (including phenoxy) is 2. The van der Waals surface area contributed by atoms with Gasteiger partial charge in [-0.1, -0.05) is 6.92 Å². The lowest BCUT2D eigenvalue weighted by Gasteiger charge is -2.10. The first-order valence-corrected chi connectivity index (χ1v) is 7.35. The summed E-state index contributed by atoms with van der Waals surface area (Å²) in [6, 6.07) is 9.46. The average Bonchev–Trinajstić information content (AvgIpc) is 2.92. The number of methoxy groups -OCH3 is 1. The van der Waals surface area contributed by atoms with Gasteiger partial charge in [-0.05, 0) is 43.7 Å². The van der Waals surface area contributed by atoms with E-state index in [4.69, 9.17) is 9.47 Å². The molecule has 0 saturated heterocycles. The largest absolute Gasteiger partial charge is 0.493 e. The molecule has 1 aromatic carbocycles. The molecule has 0 radical (unpaired) electrons. The van der Waals surface area contributed by atoms with Crippen molar-refractivity contribution in [1.82, 2.24) is 0 Å². The highest BCUT2D eigenvalue weighted by molar-refractivity contribution is 7.11. The van der Waals surface area contributed by atoms with Crippen molar-refractivity contribution >= 4 is 17.1 Å². The molecule has 0 amide bonds. The molecule has 2 rings (SSSR count). The zero-order valence-electron chi connectivity index (χ0n) is 11.9. The number of carbonyl (C=O) groups is 1. The van der Waals surface area contributed by atoms with Crippen LogP contribution in [0.1, 0.15) is 34.0 Å². The fourth-order valence-electron chi connectivity index (χ4n) is 1.84. The Morgan fingerprint density at radius 1 is 1.15 bits per heavy atom. The maximum absolute atomic E-state index is 11.3. The van der Waals surface area contributed by atoms with Crippen LogP contribution in [0.5, 0.6) is 11.5 Å². The van der Waals surface area contributed by atoms with E-state index in [1.165, 1.54) is 16.7 Å². The highest BCUT2D eigenvalue weighted by Crippen LogP contribution is 2.29. The molecule has 0 fully saturated rings. The standard InChI is InChI=1S/C16H18O3S/c1-4-13-6-7-14(20-13)10-19-15-8-5-12(11(2)17)9-16(15)18-3/h5-9H,4,10H2,1-3H3. The first-order chi connectivity index (χ1) is 9.63. The molecule has 0 aliphatic heterocycles. The van der Waals surface area contributed by atoms with Gasteiger partial charge in [-0.3, -0.25) is 4.79 Å². The molecular weight excluding hydrogens is 272 g/mol. The minimum atomic E-state index is 0.0145. The van der Waals surface area contributed by atoms with Crippen LogP contribution < -0.4 is 9.47 Å². The molecule has 0 aliphatic carbocycles. The molecule has 2 aromatic rings. The Balaban J connectivity index is 2.10. The van der Waals surface area contributed by atoms with Gasteiger partial charge < -0.3 is 9.47 Å². The van der Waals surface area contributed by atoms with E-state index in [1.54, 1.807) is 36.6 Å². The van der Waals surface area contributed by atoms with Crippen molar-refractivity contribution in [2.75, 3.05) is 7.11 Å². The maximum atomic E-state index is 11.3. The zero-order valence-corrected chi connectivity index (χ0v) is 12.8. The molecule has 0 saturated carbocycles. The maximum Gasteiger partial charge on any atom is 0.161 e. The van der Waals surface area contributed by atoms with Crippen LogP contribution in [-0.2, 0) is 13.0 Å². The molecule has 0 spiro atoms. The molecular formula is C16H18O3S. The number of hydrogen-bond donors (Lipinski definition) is 0. The van der Waals surface area contributed by atoms with Crippen LogP contribution in [0.2, 0.25) is 0 Å². The number of hydrogen-bond acceptors (Lipinski definition) is 4. The van der Waals surface area contributed by atoms with Gasteiger partial charge in [0.05, 0.1) is 7.11 Å². The van der Waals surface area contributed by atoms with Crippen molar-refractivity contribution < 1.29 is 14.3 Å². The summed E-state index contributed by atoms with van der Waals surface area (Å²) < 4.78 is 11.1. The second-order valence-corrected chi connectivity index (χ2v) is 5.68. The van der Waals surface area contributed by atoms with E-state index in [-0.39, 0.29) is 5.78 Å². The van der Waals surface area contributed by atoms with Crippen molar-refractivity contribution in [3.63, 3.8) is 0 Å². The molecule has 3 nitrogen and oxygen atoms in total. The lowest BCUT2D eigenvalue weighted by atomic mass is 10.1. The summed E-state index contributed by atoms with van der Waals surface area (Å²) in [4.78, 5) is 13.9. The number of rotatable bonds is 6. The van der Waals surface area contributed by atoms with E-state index in [0.717, 1.165) is 6.42 Å². The Labute approximate surface area is 123 Å². The Kier molecular flexibility index (Phi) is 4.79. The summed E-state index contributed by atoms with van der Waals surface area (Å²) in [6.07, 6.45) is 1.04. The van der Waals surface area contributed by atoms with Crippen molar-refractivity contribution in [1.29, 1.82) is 0 Å². The second kappa shape index (κ2) is 6.57. The van der Waals surface area contributed by atoms with Gasteiger partial charge in [0, 0.05) is 15.3 Å². The van der Waals surface area contributed by atoms with E-state index in [1.807, 2.05) is 0 Å². The van der Waals surface area contributed by atoms with Crippen molar-refractivity contribution in [2.45, 2.75) is 26.9 Å². The van der Waals surface area contributed by atoms with E-state index < -0.39 is 0 Å². The lowest BCUT2D eigenvalue weighted by molar-refractivity contribution is 0.101. The predicted octanol–water partition coefficient (Wildman–Crippen LogP) is 4.10. The van der Waals surface area contributed by atoms with Crippen molar-refractivity contribution in [3.8, 4) is 11.5 Å². The van der Waals surface area contributed by atoms with Gasteiger partial charge in [-0.15, -0.1) is 11.3 Å². The van der Waals surface area contributed by atoms with Crippen LogP contribution in [-0.4, -0.2) is 12.9 Å². The molecule has 0 aliphatic rings. The van der Waals surface area contributed by atoms with Gasteiger partial charge in [0.15, 0.2) is 17.3 Å². The van der Waals surface area contributed by atoms with Gasteiger partial charge in [-0.25, -0.2) is 0 Å². The highest BCUT2D eigenvalue weighted by Gasteiger charge is 2.09. The van der Waals surface area contributed by atoms with Gasteiger partial charge in [0.1, 0.15) is 6.61 Å². The monoisotopic (exact) mass is 290 g/mol. The number of ketones is 1. The highest BCUT2D eigenvalue weighted by atomic mass is 32.1. The lowest BCUT2D eigenvalue weighted by Crippen LogP contribution is -1.98. The number of Topliss-reactive ketones (excluding diaryl/α,β-unsaturated/α-hetero) is 1. The fourth-order valence-corrected chi connectivity index (χ4v) is 2.72. The number of benzene rings is 1. The SMILES string of the molecule is CCc1ccc(COc2ccc(C(C)=O)cc2OC)s1. The minimum absolute atomic E-state index is 0.0145. The topological polar surface area (TPSA) is 35.5 Å². The smallest absolute Gasteiger partial charge is 0.161 e. The summed E-state index contributed by atoms with van der Waals surface area (Å²) >= 11 is 1.75. The van der Waals surface area contributed by atoms with Gasteiger partial charge >= 0.3 is 0 Å². The van der Waals surface area contributed by atoms with Crippen LogP contribution in [0.15, 0.2) is 30.3 Å². The number of aryl methyl sites for hydroxylation is 1. The summed E-state index contributed by atoms with van der Waals surface area (Å²) in [5.41, 5.74) is 0.624. The Hall–Kier alpha value is -1.81. The van der Waals surface area contributed by atoms with Crippen molar-refractivity contribution in [3.05, 3.63) is 45.6 Å². The Bertz CT molecular complexity index is 602. The normalized spacial score (nSPS) is 10.3. The summed E-state index contributed by atoms with van der Waals surface area (Å²) in [6.45, 7) is 4.19. The number of thiophene rings is 1. The van der Waals surface area contributed by atoms with Crippen LogP contribution in [0.25, 0.3) is 0 Å². The van der Waals surface area contributed by atoms with Gasteiger partial charge in [0.25, 0.3) is 0 Å². The summed E-state index contributed by atoms with van der Waals surface area (Å²) in [5, 5.41) is 0. The molecule has 106 valence electrons. The molecule has 20 heavy (non-hydrogen) atoms. The molecule has 4 heteroatoms. The van der Waals surface area contributed by atoms with Crippen LogP contribution in [0, 0.1) is 0 Å². The van der Waals surface area contributed by atoms with E-state index in [9.17, 15) is 4.79 Å². The molecule has 0 N–H and O–H groups in total. The molecule has 0 bridgehead atoms. The number of carbonyl (C=O) groups excluding carboxylic acids is 1. The molecule has 0 unspecified atom stereocenters. The Morgan fingerprint density at radius 2 is 1.90 bits per heavy atom. The van der Waals surface area contributed by atoms with Crippen LogP contribution in [0.4, 0.5) is 0 Å². The third-order valence-electron chi connectivity index (χ3n) is 3.01. The quantitative estimate of drug-likeness (QED) is 0.751. The van der Waals surface area contributed by atoms with E-state index in [0.29, 0.717) is 23.7 Å². The van der Waals surface area contributed by atoms with E-state index in [2.05, 4.69) is 19.1 Å². The predicted molar refractivity (Wildman–Crippen MR) is 81.0 cm³/mol. The van der Waals surface area contributed by atoms with Crippen LogP contribution >= 0.6 is 11.3 Å². The van der Waals surface area contributed by atoms with Crippen molar-refractivity contribution in [2.24, 2.45) is 0 Å². The Morgan fingerprint density at radius 3 is 2.50 bits per heavy atom. The van der Waals surface area contributed by atoms with Crippen LogP contribution in [0.3, 0.4) is 0 Å². The molecule has 0 atom stereocenters. The fraction of sp³-hybridized carbons (Fsp3) is 0.312. The van der Waals surface area contributed by atoms with Gasteiger partial charge in [0.2, 0.25) is 0 Å². The summed E-state index contributed by atoms with van der Waals surface area (Å²) in [7, 11) is 1.58. The third kappa shape index (κ3) is 3.39. The molecule has 1 aromatic heterocycles. The average molecular weight is 290 g/mol. The summed E-state index contributed by atoms with van der Waals surface area (Å²) in [5.74, 6) is 1.26. The minimum Gasteiger partial charge on any atom is -0.493 e. The molecule has 1 heterocycles. The van der Waals surface area contributed by atoms with E-state index >= 15 is 0 Å². The first-order valence-electron chi connectivity index (χ1n) is 6.53. The van der Waals surface area contributed by atoms with Gasteiger partial charge in [-0.2, -0.15) is 0 Å². The first kappa shape index (κ1) is 14.6. The third-order valence-corrected chi connectivity index (χ3v) is 4.21.